The van der Waals surface area contributed by atoms with Crippen LogP contribution in [0.15, 0.2) is 30.3 Å². The number of aryl methyl sites for hydroxylation is 1. The summed E-state index contributed by atoms with van der Waals surface area (Å²) in [6.45, 7) is 4.87. The van der Waals surface area contributed by atoms with E-state index in [1.165, 1.54) is 26.4 Å². The molecule has 2 aromatic carbocycles. The topological polar surface area (TPSA) is 111 Å². The minimum Gasteiger partial charge on any atom is -0.493 e. The van der Waals surface area contributed by atoms with Gasteiger partial charge >= 0.3 is 0 Å². The lowest BCUT2D eigenvalue weighted by atomic mass is 9.99. The number of fused-ring (bicyclic) bond motifs is 1. The standard InChI is InChI=1S/C23H27N3O6/c1-14(2)9-10-25-18-7-6-16(11-15(18)5-8-22(25)27)24-23(28)17-12-20(31-3)21(32-4)13-19(17)26(29)30/h6-7,11-14H,5,8-10H2,1-4H3,(H,24,28). The van der Waals surface area contributed by atoms with Crippen LogP contribution in [-0.4, -0.2) is 37.5 Å². The van der Waals surface area contributed by atoms with Crippen molar-refractivity contribution in [2.45, 2.75) is 33.1 Å². The average Bonchev–Trinajstić information content (AvgIpc) is 2.77. The van der Waals surface area contributed by atoms with Crippen LogP contribution >= 0.6 is 0 Å². The summed E-state index contributed by atoms with van der Waals surface area (Å²) in [6.07, 6.45) is 1.88. The summed E-state index contributed by atoms with van der Waals surface area (Å²) in [5.41, 5.74) is 1.77. The predicted molar refractivity (Wildman–Crippen MR) is 121 cm³/mol. The van der Waals surface area contributed by atoms with Crippen LogP contribution in [-0.2, 0) is 11.2 Å². The van der Waals surface area contributed by atoms with Crippen LogP contribution in [0.2, 0.25) is 0 Å². The molecule has 2 aromatic rings. The Morgan fingerprint density at radius 3 is 2.47 bits per heavy atom. The first kappa shape index (κ1) is 23.1. The number of nitro benzene ring substituents is 1. The second-order valence-electron chi connectivity index (χ2n) is 8.01. The van der Waals surface area contributed by atoms with Gasteiger partial charge in [0.2, 0.25) is 5.91 Å². The van der Waals surface area contributed by atoms with Crippen molar-refractivity contribution in [1.82, 2.24) is 0 Å². The highest BCUT2D eigenvalue weighted by molar-refractivity contribution is 6.08. The molecule has 0 saturated carbocycles. The number of nitrogens with one attached hydrogen (secondary N) is 1. The van der Waals surface area contributed by atoms with Crippen molar-refractivity contribution in [1.29, 1.82) is 0 Å². The first-order valence-corrected chi connectivity index (χ1v) is 10.4. The number of carbonyl (C=O) groups excluding carboxylic acids is 2. The first-order valence-electron chi connectivity index (χ1n) is 10.4. The summed E-state index contributed by atoms with van der Waals surface area (Å²) in [5.74, 6) is 0.310. The molecule has 3 rings (SSSR count). The lowest BCUT2D eigenvalue weighted by molar-refractivity contribution is -0.385. The van der Waals surface area contributed by atoms with Gasteiger partial charge in [0, 0.05) is 30.4 Å². The van der Waals surface area contributed by atoms with Crippen LogP contribution in [0.5, 0.6) is 11.5 Å². The van der Waals surface area contributed by atoms with Gasteiger partial charge in [0.1, 0.15) is 5.56 Å². The number of nitro groups is 1. The Labute approximate surface area is 186 Å². The Bertz CT molecular complexity index is 1050. The van der Waals surface area contributed by atoms with Crippen molar-refractivity contribution in [3.63, 3.8) is 0 Å². The van der Waals surface area contributed by atoms with Crippen molar-refractivity contribution < 1.29 is 24.0 Å². The number of hydrogen-bond acceptors (Lipinski definition) is 6. The monoisotopic (exact) mass is 441 g/mol. The molecule has 0 fully saturated rings. The van der Waals surface area contributed by atoms with E-state index in [2.05, 4.69) is 19.2 Å². The third-order valence-electron chi connectivity index (χ3n) is 5.41. The molecule has 9 nitrogen and oxygen atoms in total. The number of ether oxygens (including phenoxy) is 2. The van der Waals surface area contributed by atoms with Gasteiger partial charge in [-0.25, -0.2) is 0 Å². The predicted octanol–water partition coefficient (Wildman–Crippen LogP) is 4.19. The number of benzene rings is 2. The second kappa shape index (κ2) is 9.67. The van der Waals surface area contributed by atoms with Gasteiger partial charge in [0.15, 0.2) is 11.5 Å². The van der Waals surface area contributed by atoms with Crippen molar-refractivity contribution in [3.05, 3.63) is 51.6 Å². The fourth-order valence-corrected chi connectivity index (χ4v) is 3.67. The minimum absolute atomic E-state index is 0.0934. The van der Waals surface area contributed by atoms with E-state index in [1.807, 2.05) is 12.1 Å². The molecule has 1 N–H and O–H groups in total. The van der Waals surface area contributed by atoms with Gasteiger partial charge in [-0.1, -0.05) is 13.8 Å². The summed E-state index contributed by atoms with van der Waals surface area (Å²) in [7, 11) is 2.75. The molecule has 1 aliphatic rings. The highest BCUT2D eigenvalue weighted by Crippen LogP contribution is 2.35. The van der Waals surface area contributed by atoms with Gasteiger partial charge in [0.25, 0.3) is 11.6 Å². The molecule has 0 spiro atoms. The van der Waals surface area contributed by atoms with Gasteiger partial charge in [-0.15, -0.1) is 0 Å². The number of methoxy groups -OCH3 is 2. The Balaban J connectivity index is 1.88. The molecule has 0 saturated heterocycles. The Morgan fingerprint density at radius 2 is 1.84 bits per heavy atom. The van der Waals surface area contributed by atoms with Gasteiger partial charge < -0.3 is 19.7 Å². The Hall–Kier alpha value is -3.62. The number of nitrogens with zero attached hydrogens (tertiary/aromatic N) is 2. The molecule has 2 amide bonds. The van der Waals surface area contributed by atoms with Crippen molar-refractivity contribution in [2.24, 2.45) is 5.92 Å². The molecule has 32 heavy (non-hydrogen) atoms. The van der Waals surface area contributed by atoms with Crippen LogP contribution in [0.3, 0.4) is 0 Å². The summed E-state index contributed by atoms with van der Waals surface area (Å²) >= 11 is 0. The van der Waals surface area contributed by atoms with E-state index >= 15 is 0 Å². The van der Waals surface area contributed by atoms with Crippen molar-refractivity contribution in [3.8, 4) is 11.5 Å². The van der Waals surface area contributed by atoms with Gasteiger partial charge in [-0.2, -0.15) is 0 Å². The fraction of sp³-hybridized carbons (Fsp3) is 0.391. The van der Waals surface area contributed by atoms with E-state index in [9.17, 15) is 19.7 Å². The van der Waals surface area contributed by atoms with Gasteiger partial charge in [-0.05, 0) is 42.5 Å². The summed E-state index contributed by atoms with van der Waals surface area (Å²) in [4.78, 5) is 38.0. The normalized spacial score (nSPS) is 13.0. The summed E-state index contributed by atoms with van der Waals surface area (Å²) in [6, 6.07) is 7.78. The zero-order valence-corrected chi connectivity index (χ0v) is 18.6. The minimum atomic E-state index is -0.638. The molecule has 0 bridgehead atoms. The maximum atomic E-state index is 12.9. The molecule has 0 radical (unpaired) electrons. The van der Waals surface area contributed by atoms with E-state index < -0.39 is 10.8 Å². The quantitative estimate of drug-likeness (QED) is 0.486. The molecule has 0 aromatic heterocycles. The van der Waals surface area contributed by atoms with Crippen LogP contribution in [0, 0.1) is 16.0 Å². The Kier molecular flexibility index (Phi) is 6.97. The highest BCUT2D eigenvalue weighted by atomic mass is 16.6. The van der Waals surface area contributed by atoms with E-state index in [1.54, 1.807) is 11.0 Å². The number of hydrogen-bond donors (Lipinski definition) is 1. The third kappa shape index (κ3) is 4.82. The van der Waals surface area contributed by atoms with Gasteiger partial charge in [0.05, 0.1) is 25.2 Å². The molecule has 9 heteroatoms. The number of rotatable bonds is 8. The van der Waals surface area contributed by atoms with E-state index in [0.717, 1.165) is 17.7 Å². The van der Waals surface area contributed by atoms with Crippen LogP contribution in [0.1, 0.15) is 42.6 Å². The maximum absolute atomic E-state index is 12.9. The molecule has 1 heterocycles. The number of carbonyl (C=O) groups is 2. The summed E-state index contributed by atoms with van der Waals surface area (Å²) < 4.78 is 10.3. The lowest BCUT2D eigenvalue weighted by Crippen LogP contribution is -2.36. The first-order chi connectivity index (χ1) is 15.2. The SMILES string of the molecule is COc1cc(C(=O)Nc2ccc3c(c2)CCC(=O)N3CCC(C)C)c([N+](=O)[O-])cc1OC. The number of anilines is 2. The highest BCUT2D eigenvalue weighted by Gasteiger charge is 2.27. The van der Waals surface area contributed by atoms with E-state index in [0.29, 0.717) is 31.0 Å². The van der Waals surface area contributed by atoms with Crippen molar-refractivity contribution >= 4 is 28.9 Å². The zero-order chi connectivity index (χ0) is 23.4. The van der Waals surface area contributed by atoms with E-state index in [4.69, 9.17) is 9.47 Å². The smallest absolute Gasteiger partial charge is 0.286 e. The van der Waals surface area contributed by atoms with Crippen LogP contribution in [0.4, 0.5) is 17.1 Å². The number of amides is 2. The lowest BCUT2D eigenvalue weighted by Gasteiger charge is -2.30. The van der Waals surface area contributed by atoms with E-state index in [-0.39, 0.29) is 28.7 Å². The Morgan fingerprint density at radius 1 is 1.16 bits per heavy atom. The second-order valence-corrected chi connectivity index (χ2v) is 8.01. The summed E-state index contributed by atoms with van der Waals surface area (Å²) in [5, 5.41) is 14.2. The van der Waals surface area contributed by atoms with Crippen LogP contribution in [0.25, 0.3) is 0 Å². The van der Waals surface area contributed by atoms with Gasteiger partial charge in [-0.3, -0.25) is 19.7 Å². The molecule has 1 aliphatic heterocycles. The largest absolute Gasteiger partial charge is 0.493 e. The zero-order valence-electron chi connectivity index (χ0n) is 18.6. The third-order valence-corrected chi connectivity index (χ3v) is 5.41. The molecular formula is C23H27N3O6. The molecule has 0 atom stereocenters. The average molecular weight is 441 g/mol. The molecular weight excluding hydrogens is 414 g/mol. The van der Waals surface area contributed by atoms with Crippen molar-refractivity contribution in [2.75, 3.05) is 31.0 Å². The molecule has 0 aliphatic carbocycles. The molecule has 170 valence electrons. The fourth-order valence-electron chi connectivity index (χ4n) is 3.67. The van der Waals surface area contributed by atoms with Crippen LogP contribution < -0.4 is 19.7 Å². The molecule has 0 unspecified atom stereocenters. The maximum Gasteiger partial charge on any atom is 0.286 e.